The predicted molar refractivity (Wildman–Crippen MR) is 96.5 cm³/mol. The molecule has 1 amide bonds. The van der Waals surface area contributed by atoms with Gasteiger partial charge in [0.1, 0.15) is 6.04 Å². The van der Waals surface area contributed by atoms with E-state index in [2.05, 4.69) is 15.1 Å². The average molecular weight is 348 g/mol. The fraction of sp³-hybridized carbons (Fsp3) is 0.300. The maximum absolute atomic E-state index is 12.9. The van der Waals surface area contributed by atoms with Crippen LogP contribution in [-0.2, 0) is 0 Å². The van der Waals surface area contributed by atoms with Gasteiger partial charge in [0, 0.05) is 24.0 Å². The Hall–Kier alpha value is -3.02. The first kappa shape index (κ1) is 16.4. The Kier molecular flexibility index (Phi) is 4.24. The third kappa shape index (κ3) is 3.10. The van der Waals surface area contributed by atoms with Gasteiger partial charge in [-0.15, -0.1) is 0 Å². The highest BCUT2D eigenvalue weighted by Crippen LogP contribution is 2.33. The van der Waals surface area contributed by atoms with Crippen LogP contribution in [0.25, 0.3) is 11.4 Å². The average Bonchev–Trinajstić information content (AvgIpc) is 3.31. The topological polar surface area (TPSA) is 72.1 Å². The van der Waals surface area contributed by atoms with E-state index in [4.69, 9.17) is 4.52 Å². The van der Waals surface area contributed by atoms with E-state index >= 15 is 0 Å². The van der Waals surface area contributed by atoms with Crippen LogP contribution in [0.3, 0.4) is 0 Å². The zero-order valence-electron chi connectivity index (χ0n) is 14.8. The lowest BCUT2D eigenvalue weighted by molar-refractivity contribution is 0.0709. The van der Waals surface area contributed by atoms with Crippen LogP contribution in [0.4, 0.5) is 0 Å². The highest BCUT2D eigenvalue weighted by atomic mass is 16.5. The Bertz CT molecular complexity index is 916. The van der Waals surface area contributed by atoms with Crippen molar-refractivity contribution in [3.8, 4) is 11.4 Å². The van der Waals surface area contributed by atoms with Crippen LogP contribution < -0.4 is 0 Å². The zero-order valence-corrected chi connectivity index (χ0v) is 14.8. The van der Waals surface area contributed by atoms with Crippen molar-refractivity contribution < 1.29 is 9.32 Å². The first-order valence-corrected chi connectivity index (χ1v) is 8.76. The Morgan fingerprint density at radius 3 is 2.69 bits per heavy atom. The van der Waals surface area contributed by atoms with Crippen molar-refractivity contribution in [2.45, 2.75) is 32.7 Å². The molecule has 6 nitrogen and oxygen atoms in total. The van der Waals surface area contributed by atoms with E-state index < -0.39 is 0 Å². The molecule has 3 heterocycles. The normalized spacial score (nSPS) is 16.8. The molecule has 6 heteroatoms. The summed E-state index contributed by atoms with van der Waals surface area (Å²) in [4.78, 5) is 23.4. The van der Waals surface area contributed by atoms with Crippen molar-refractivity contribution in [3.05, 3.63) is 65.3 Å². The number of nitrogens with zero attached hydrogens (tertiary/aromatic N) is 4. The van der Waals surface area contributed by atoms with Crippen LogP contribution in [0.15, 0.2) is 47.1 Å². The minimum absolute atomic E-state index is 0.0462. The van der Waals surface area contributed by atoms with Crippen molar-refractivity contribution in [3.63, 3.8) is 0 Å². The number of benzene rings is 1. The molecule has 1 aliphatic rings. The molecule has 0 spiro atoms. The van der Waals surface area contributed by atoms with Gasteiger partial charge in [-0.05, 0) is 38.8 Å². The lowest BCUT2D eigenvalue weighted by atomic mass is 10.1. The molecule has 26 heavy (non-hydrogen) atoms. The van der Waals surface area contributed by atoms with Crippen LogP contribution in [0, 0.1) is 13.8 Å². The molecule has 0 saturated carbocycles. The van der Waals surface area contributed by atoms with E-state index in [0.29, 0.717) is 23.8 Å². The summed E-state index contributed by atoms with van der Waals surface area (Å²) in [5.74, 6) is 0.998. The van der Waals surface area contributed by atoms with Gasteiger partial charge >= 0.3 is 0 Å². The summed E-state index contributed by atoms with van der Waals surface area (Å²) in [6.45, 7) is 4.62. The van der Waals surface area contributed by atoms with Gasteiger partial charge < -0.3 is 9.42 Å². The van der Waals surface area contributed by atoms with Crippen LogP contribution in [0.2, 0.25) is 0 Å². The molecule has 0 bridgehead atoms. The van der Waals surface area contributed by atoms with Gasteiger partial charge in [0.2, 0.25) is 11.7 Å². The molecule has 0 unspecified atom stereocenters. The minimum Gasteiger partial charge on any atom is -0.337 e. The molecule has 1 fully saturated rings. The van der Waals surface area contributed by atoms with Crippen LogP contribution in [0.5, 0.6) is 0 Å². The molecule has 1 atom stereocenters. The zero-order chi connectivity index (χ0) is 18.1. The van der Waals surface area contributed by atoms with Gasteiger partial charge in [0.25, 0.3) is 5.91 Å². The number of rotatable bonds is 3. The number of carbonyl (C=O) groups is 1. The van der Waals surface area contributed by atoms with E-state index in [1.54, 1.807) is 11.1 Å². The summed E-state index contributed by atoms with van der Waals surface area (Å²) in [5, 5.41) is 4.10. The number of amides is 1. The third-order valence-corrected chi connectivity index (χ3v) is 4.71. The van der Waals surface area contributed by atoms with Crippen molar-refractivity contribution in [2.75, 3.05) is 6.54 Å². The Morgan fingerprint density at radius 2 is 1.96 bits per heavy atom. The van der Waals surface area contributed by atoms with Gasteiger partial charge in [-0.1, -0.05) is 35.0 Å². The monoisotopic (exact) mass is 348 g/mol. The number of hydrogen-bond donors (Lipinski definition) is 0. The molecule has 2 aromatic heterocycles. The number of hydrogen-bond acceptors (Lipinski definition) is 5. The second-order valence-corrected chi connectivity index (χ2v) is 6.67. The molecule has 1 aliphatic heterocycles. The van der Waals surface area contributed by atoms with Crippen molar-refractivity contribution in [1.29, 1.82) is 0 Å². The van der Waals surface area contributed by atoms with E-state index in [0.717, 1.165) is 24.1 Å². The third-order valence-electron chi connectivity index (χ3n) is 4.71. The van der Waals surface area contributed by atoms with Crippen LogP contribution >= 0.6 is 0 Å². The van der Waals surface area contributed by atoms with E-state index in [1.807, 2.05) is 50.2 Å². The summed E-state index contributed by atoms with van der Waals surface area (Å²) in [6, 6.07) is 11.4. The fourth-order valence-electron chi connectivity index (χ4n) is 3.22. The fourth-order valence-corrected chi connectivity index (χ4v) is 3.22. The maximum atomic E-state index is 12.9. The van der Waals surface area contributed by atoms with Crippen molar-refractivity contribution in [2.24, 2.45) is 0 Å². The Balaban J connectivity index is 1.58. The highest BCUT2D eigenvalue weighted by molar-refractivity contribution is 5.94. The molecule has 0 N–H and O–H groups in total. The van der Waals surface area contributed by atoms with Crippen molar-refractivity contribution >= 4 is 5.91 Å². The van der Waals surface area contributed by atoms with Gasteiger partial charge in [0.05, 0.1) is 5.56 Å². The SMILES string of the molecule is Cc1ccc(-c2noc([C@H]3CCCN3C(=O)c3ccc(C)nc3)n2)cc1. The summed E-state index contributed by atoms with van der Waals surface area (Å²) >= 11 is 0. The molecule has 3 aromatic rings. The molecular formula is C20H20N4O2. The minimum atomic E-state index is -0.185. The second kappa shape index (κ2) is 6.71. The Morgan fingerprint density at radius 1 is 1.15 bits per heavy atom. The van der Waals surface area contributed by atoms with Crippen LogP contribution in [-0.4, -0.2) is 32.5 Å². The molecule has 1 saturated heterocycles. The molecule has 0 aliphatic carbocycles. The Labute approximate surface area is 151 Å². The standard InChI is InChI=1S/C20H20N4O2/c1-13-5-8-15(9-6-13)18-22-19(26-23-18)17-4-3-11-24(17)20(25)16-10-7-14(2)21-12-16/h5-10,12,17H,3-4,11H2,1-2H3/t17-/m1/s1. The van der Waals surface area contributed by atoms with E-state index in [-0.39, 0.29) is 11.9 Å². The number of aromatic nitrogens is 3. The lowest BCUT2D eigenvalue weighted by Gasteiger charge is -2.21. The van der Waals surface area contributed by atoms with Gasteiger partial charge in [-0.25, -0.2) is 0 Å². The van der Waals surface area contributed by atoms with Crippen molar-refractivity contribution in [1.82, 2.24) is 20.0 Å². The lowest BCUT2D eigenvalue weighted by Crippen LogP contribution is -2.30. The molecule has 4 rings (SSSR count). The number of likely N-dealkylation sites (tertiary alicyclic amines) is 1. The van der Waals surface area contributed by atoms with Gasteiger partial charge in [-0.3, -0.25) is 9.78 Å². The summed E-state index contributed by atoms with van der Waals surface area (Å²) in [6.07, 6.45) is 3.36. The van der Waals surface area contributed by atoms with Gasteiger partial charge in [0.15, 0.2) is 0 Å². The molecule has 132 valence electrons. The van der Waals surface area contributed by atoms with Crippen LogP contribution in [0.1, 0.15) is 46.4 Å². The maximum Gasteiger partial charge on any atom is 0.256 e. The second-order valence-electron chi connectivity index (χ2n) is 6.67. The summed E-state index contributed by atoms with van der Waals surface area (Å²) in [7, 11) is 0. The smallest absolute Gasteiger partial charge is 0.256 e. The molecular weight excluding hydrogens is 328 g/mol. The van der Waals surface area contributed by atoms with E-state index in [9.17, 15) is 4.79 Å². The first-order valence-electron chi connectivity index (χ1n) is 8.76. The first-order chi connectivity index (χ1) is 12.6. The van der Waals surface area contributed by atoms with E-state index in [1.165, 1.54) is 5.56 Å². The highest BCUT2D eigenvalue weighted by Gasteiger charge is 2.34. The quantitative estimate of drug-likeness (QED) is 0.721. The molecule has 1 aromatic carbocycles. The van der Waals surface area contributed by atoms with Gasteiger partial charge in [-0.2, -0.15) is 4.98 Å². The summed E-state index contributed by atoms with van der Waals surface area (Å²) in [5.41, 5.74) is 3.56. The number of carbonyl (C=O) groups excluding carboxylic acids is 1. The number of pyridine rings is 1. The molecule has 0 radical (unpaired) electrons. The number of aryl methyl sites for hydroxylation is 2. The predicted octanol–water partition coefficient (Wildman–Crippen LogP) is 3.73. The largest absolute Gasteiger partial charge is 0.337 e. The summed E-state index contributed by atoms with van der Waals surface area (Å²) < 4.78 is 5.50.